The molecular weight excluding hydrogens is 301 g/mol. The van der Waals surface area contributed by atoms with E-state index < -0.39 is 0 Å². The molecule has 1 aliphatic rings. The maximum absolute atomic E-state index is 6.27. The predicted molar refractivity (Wildman–Crippen MR) is 80.9 cm³/mol. The van der Waals surface area contributed by atoms with E-state index in [0.29, 0.717) is 4.34 Å². The Labute approximate surface area is 126 Å². The first-order valence-corrected chi connectivity index (χ1v) is 7.64. The van der Waals surface area contributed by atoms with Crippen LogP contribution < -0.4 is 10.1 Å². The highest BCUT2D eigenvalue weighted by Crippen LogP contribution is 2.41. The Morgan fingerprint density at radius 3 is 2.84 bits per heavy atom. The molecule has 1 unspecified atom stereocenters. The Bertz CT molecular complexity index is 611. The number of hydrogen-bond donors (Lipinski definition) is 1. The van der Waals surface area contributed by atoms with E-state index >= 15 is 0 Å². The molecule has 5 heteroatoms. The van der Waals surface area contributed by atoms with Crippen LogP contribution in [0, 0.1) is 0 Å². The molecule has 0 spiro atoms. The molecule has 1 atom stereocenters. The molecule has 2 nitrogen and oxygen atoms in total. The molecule has 0 bridgehead atoms. The highest BCUT2D eigenvalue weighted by molar-refractivity contribution is 7.20. The van der Waals surface area contributed by atoms with Crippen molar-refractivity contribution in [1.29, 1.82) is 0 Å². The Kier molecular flexibility index (Phi) is 3.72. The van der Waals surface area contributed by atoms with Crippen molar-refractivity contribution in [2.45, 2.75) is 12.5 Å². The molecule has 100 valence electrons. The first kappa shape index (κ1) is 13.3. The number of para-hydroxylation sites is 1. The van der Waals surface area contributed by atoms with E-state index in [1.54, 1.807) is 0 Å². The second-order valence-electron chi connectivity index (χ2n) is 4.44. The van der Waals surface area contributed by atoms with E-state index in [0.717, 1.165) is 34.2 Å². The lowest BCUT2D eigenvalue weighted by atomic mass is 9.98. The van der Waals surface area contributed by atoms with E-state index in [9.17, 15) is 0 Å². The minimum atomic E-state index is 0.00398. The van der Waals surface area contributed by atoms with Gasteiger partial charge >= 0.3 is 0 Å². The fourth-order valence-corrected chi connectivity index (χ4v) is 4.03. The van der Waals surface area contributed by atoms with Crippen molar-refractivity contribution in [3.05, 3.63) is 49.6 Å². The predicted octanol–water partition coefficient (Wildman–Crippen LogP) is 4.30. The summed E-state index contributed by atoms with van der Waals surface area (Å²) in [5.41, 5.74) is 3.38. The maximum Gasteiger partial charge on any atom is 0.127 e. The molecule has 1 aromatic carbocycles. The van der Waals surface area contributed by atoms with Crippen LogP contribution in [0.15, 0.2) is 24.3 Å². The fourth-order valence-electron chi connectivity index (χ4n) is 2.50. The summed E-state index contributed by atoms with van der Waals surface area (Å²) in [4.78, 5) is 0. The van der Waals surface area contributed by atoms with Gasteiger partial charge in [0.1, 0.15) is 5.75 Å². The van der Waals surface area contributed by atoms with Gasteiger partial charge in [0.15, 0.2) is 0 Å². The van der Waals surface area contributed by atoms with Crippen LogP contribution in [-0.2, 0) is 6.42 Å². The zero-order chi connectivity index (χ0) is 13.4. The average Bonchev–Trinajstić information content (AvgIpc) is 2.98. The second-order valence-corrected chi connectivity index (χ2v) is 6.72. The van der Waals surface area contributed by atoms with Crippen LogP contribution >= 0.6 is 34.5 Å². The topological polar surface area (TPSA) is 21.3 Å². The van der Waals surface area contributed by atoms with Crippen molar-refractivity contribution in [3.8, 4) is 5.75 Å². The van der Waals surface area contributed by atoms with Gasteiger partial charge in [-0.15, -0.1) is 11.3 Å². The van der Waals surface area contributed by atoms with Crippen molar-refractivity contribution in [2.75, 3.05) is 13.7 Å². The molecule has 0 saturated heterocycles. The summed E-state index contributed by atoms with van der Waals surface area (Å²) in [6.45, 7) is 0.751. The van der Waals surface area contributed by atoms with Crippen molar-refractivity contribution in [3.63, 3.8) is 0 Å². The van der Waals surface area contributed by atoms with E-state index in [1.165, 1.54) is 16.9 Å². The third kappa shape index (κ3) is 2.36. The van der Waals surface area contributed by atoms with Crippen LogP contribution in [0.2, 0.25) is 8.67 Å². The average molecular weight is 314 g/mol. The monoisotopic (exact) mass is 313 g/mol. The molecule has 0 amide bonds. The van der Waals surface area contributed by atoms with Crippen LogP contribution in [0.25, 0.3) is 0 Å². The minimum absolute atomic E-state index is 0.00398. The Morgan fingerprint density at radius 1 is 1.32 bits per heavy atom. The van der Waals surface area contributed by atoms with E-state index in [2.05, 4.69) is 23.5 Å². The second kappa shape index (κ2) is 5.33. The van der Waals surface area contributed by atoms with Crippen molar-refractivity contribution in [1.82, 2.24) is 5.32 Å². The minimum Gasteiger partial charge on any atom is -0.493 e. The molecule has 0 radical (unpaired) electrons. The van der Waals surface area contributed by atoms with Crippen LogP contribution in [0.3, 0.4) is 0 Å². The number of halogens is 2. The summed E-state index contributed by atoms with van der Waals surface area (Å²) in [7, 11) is 1.92. The highest BCUT2D eigenvalue weighted by atomic mass is 35.5. The van der Waals surface area contributed by atoms with E-state index in [4.69, 9.17) is 27.9 Å². The van der Waals surface area contributed by atoms with Gasteiger partial charge in [-0.2, -0.15) is 0 Å². The zero-order valence-corrected chi connectivity index (χ0v) is 12.7. The van der Waals surface area contributed by atoms with Crippen LogP contribution in [-0.4, -0.2) is 13.7 Å². The first-order chi connectivity index (χ1) is 9.20. The summed E-state index contributed by atoms with van der Waals surface area (Å²) < 4.78 is 7.19. The van der Waals surface area contributed by atoms with Crippen LogP contribution in [0.1, 0.15) is 22.7 Å². The molecule has 1 N–H and O–H groups in total. The number of ether oxygens (including phenoxy) is 1. The lowest BCUT2D eigenvalue weighted by molar-refractivity contribution is 0.351. The van der Waals surface area contributed by atoms with Crippen molar-refractivity contribution < 1.29 is 4.74 Å². The first-order valence-electron chi connectivity index (χ1n) is 6.07. The molecular formula is C14H13Cl2NOS. The normalized spacial score (nSPS) is 15.1. The number of fused-ring (bicyclic) bond motifs is 1. The van der Waals surface area contributed by atoms with Crippen LogP contribution in [0.4, 0.5) is 0 Å². The van der Waals surface area contributed by atoms with Gasteiger partial charge in [0, 0.05) is 17.5 Å². The lowest BCUT2D eigenvalue weighted by Gasteiger charge is -2.19. The third-order valence-electron chi connectivity index (χ3n) is 3.34. The molecule has 3 rings (SSSR count). The number of nitrogens with one attached hydrogen (secondary N) is 1. The Balaban J connectivity index is 2.09. The maximum atomic E-state index is 6.27. The molecule has 1 aliphatic heterocycles. The van der Waals surface area contributed by atoms with Gasteiger partial charge in [-0.05, 0) is 18.7 Å². The molecule has 0 fully saturated rings. The molecule has 0 saturated carbocycles. The summed E-state index contributed by atoms with van der Waals surface area (Å²) in [6.07, 6.45) is 0.970. The van der Waals surface area contributed by atoms with Crippen molar-refractivity contribution in [2.24, 2.45) is 0 Å². The number of rotatable bonds is 3. The SMILES string of the molecule is CNC(c1cc(Cl)sc1Cl)c1cccc2c1OCC2. The highest BCUT2D eigenvalue weighted by Gasteiger charge is 2.24. The Hall–Kier alpha value is -0.740. The quantitative estimate of drug-likeness (QED) is 0.912. The van der Waals surface area contributed by atoms with Gasteiger partial charge in [-0.1, -0.05) is 41.4 Å². The van der Waals surface area contributed by atoms with Gasteiger partial charge in [0.2, 0.25) is 0 Å². The Morgan fingerprint density at radius 2 is 2.16 bits per heavy atom. The standard InChI is InChI=1S/C14H13Cl2NOS/c1-17-12(10-7-11(15)19-14(10)16)9-4-2-3-8-5-6-18-13(8)9/h2-4,7,12,17H,5-6H2,1H3. The van der Waals surface area contributed by atoms with Gasteiger partial charge in [-0.3, -0.25) is 0 Å². The molecule has 19 heavy (non-hydrogen) atoms. The van der Waals surface area contributed by atoms with E-state index in [1.807, 2.05) is 13.1 Å². The summed E-state index contributed by atoms with van der Waals surface area (Å²) >= 11 is 13.7. The van der Waals surface area contributed by atoms with Gasteiger partial charge < -0.3 is 10.1 Å². The molecule has 1 aromatic heterocycles. The van der Waals surface area contributed by atoms with Crippen LogP contribution in [0.5, 0.6) is 5.75 Å². The van der Waals surface area contributed by atoms with Gasteiger partial charge in [-0.25, -0.2) is 0 Å². The molecule has 0 aliphatic carbocycles. The number of benzene rings is 1. The number of hydrogen-bond acceptors (Lipinski definition) is 3. The smallest absolute Gasteiger partial charge is 0.127 e. The molecule has 2 heterocycles. The summed E-state index contributed by atoms with van der Waals surface area (Å²) in [5, 5.41) is 3.30. The van der Waals surface area contributed by atoms with Crippen molar-refractivity contribution >= 4 is 34.5 Å². The summed E-state index contributed by atoms with van der Waals surface area (Å²) in [5.74, 6) is 0.986. The fraction of sp³-hybridized carbons (Fsp3) is 0.286. The summed E-state index contributed by atoms with van der Waals surface area (Å²) in [6, 6.07) is 8.18. The van der Waals surface area contributed by atoms with E-state index in [-0.39, 0.29) is 6.04 Å². The zero-order valence-electron chi connectivity index (χ0n) is 10.4. The largest absolute Gasteiger partial charge is 0.493 e. The molecule has 2 aromatic rings. The third-order valence-corrected chi connectivity index (χ3v) is 4.86. The van der Waals surface area contributed by atoms with Gasteiger partial charge in [0.25, 0.3) is 0 Å². The van der Waals surface area contributed by atoms with Gasteiger partial charge in [0.05, 0.1) is 21.3 Å². The lowest BCUT2D eigenvalue weighted by Crippen LogP contribution is -2.18. The number of thiophene rings is 1.